The van der Waals surface area contributed by atoms with E-state index in [1.54, 1.807) is 18.2 Å². The summed E-state index contributed by atoms with van der Waals surface area (Å²) in [4.78, 5) is 11.8. The van der Waals surface area contributed by atoms with E-state index in [0.717, 1.165) is 5.75 Å². The maximum absolute atomic E-state index is 11.8. The molecule has 0 unspecified atom stereocenters. The van der Waals surface area contributed by atoms with Crippen molar-refractivity contribution in [2.75, 3.05) is 25.6 Å². The molecular formula is C18H20ClNO3. The van der Waals surface area contributed by atoms with Gasteiger partial charge < -0.3 is 14.8 Å². The summed E-state index contributed by atoms with van der Waals surface area (Å²) in [6.07, 6.45) is 0. The molecule has 2 aromatic rings. The van der Waals surface area contributed by atoms with Crippen molar-refractivity contribution in [3.63, 3.8) is 0 Å². The SMILES string of the molecule is COC(=O)c1cccc(Cl)c1NCCOc1ccc(C)c(C)c1. The minimum absolute atomic E-state index is 0.409. The van der Waals surface area contributed by atoms with Gasteiger partial charge in [0, 0.05) is 6.54 Å². The van der Waals surface area contributed by atoms with E-state index >= 15 is 0 Å². The van der Waals surface area contributed by atoms with Gasteiger partial charge in [-0.1, -0.05) is 23.7 Å². The largest absolute Gasteiger partial charge is 0.492 e. The maximum Gasteiger partial charge on any atom is 0.340 e. The van der Waals surface area contributed by atoms with Crippen molar-refractivity contribution in [2.45, 2.75) is 13.8 Å². The fourth-order valence-electron chi connectivity index (χ4n) is 2.13. The highest BCUT2D eigenvalue weighted by Crippen LogP contribution is 2.26. The molecule has 0 aliphatic rings. The molecule has 0 radical (unpaired) electrons. The van der Waals surface area contributed by atoms with E-state index in [-0.39, 0.29) is 0 Å². The van der Waals surface area contributed by atoms with Crippen molar-refractivity contribution >= 4 is 23.3 Å². The number of esters is 1. The lowest BCUT2D eigenvalue weighted by Gasteiger charge is -2.13. The number of benzene rings is 2. The van der Waals surface area contributed by atoms with Gasteiger partial charge in [0.15, 0.2) is 0 Å². The number of nitrogens with one attached hydrogen (secondary N) is 1. The molecule has 23 heavy (non-hydrogen) atoms. The van der Waals surface area contributed by atoms with Crippen molar-refractivity contribution in [2.24, 2.45) is 0 Å². The zero-order chi connectivity index (χ0) is 16.8. The first-order valence-corrected chi connectivity index (χ1v) is 7.71. The molecule has 4 nitrogen and oxygen atoms in total. The van der Waals surface area contributed by atoms with Crippen molar-refractivity contribution in [3.8, 4) is 5.75 Å². The third-order valence-electron chi connectivity index (χ3n) is 3.57. The number of methoxy groups -OCH3 is 1. The summed E-state index contributed by atoms with van der Waals surface area (Å²) >= 11 is 6.15. The highest BCUT2D eigenvalue weighted by atomic mass is 35.5. The summed E-state index contributed by atoms with van der Waals surface area (Å²) < 4.78 is 10.5. The number of para-hydroxylation sites is 1. The van der Waals surface area contributed by atoms with E-state index in [2.05, 4.69) is 12.2 Å². The Morgan fingerprint density at radius 1 is 1.17 bits per heavy atom. The highest BCUT2D eigenvalue weighted by Gasteiger charge is 2.14. The van der Waals surface area contributed by atoms with Crippen LogP contribution in [0.1, 0.15) is 21.5 Å². The van der Waals surface area contributed by atoms with E-state index in [0.29, 0.717) is 29.4 Å². The molecule has 0 atom stereocenters. The maximum atomic E-state index is 11.8. The smallest absolute Gasteiger partial charge is 0.340 e. The summed E-state index contributed by atoms with van der Waals surface area (Å²) in [5, 5.41) is 3.61. The Balaban J connectivity index is 1.96. The Kier molecular flexibility index (Phi) is 5.88. The lowest BCUT2D eigenvalue weighted by Crippen LogP contribution is -2.15. The van der Waals surface area contributed by atoms with Crippen LogP contribution in [0.5, 0.6) is 5.75 Å². The number of halogens is 1. The fourth-order valence-corrected chi connectivity index (χ4v) is 2.37. The number of hydrogen-bond acceptors (Lipinski definition) is 4. The molecule has 5 heteroatoms. The van der Waals surface area contributed by atoms with Gasteiger partial charge >= 0.3 is 5.97 Å². The Hall–Kier alpha value is -2.20. The van der Waals surface area contributed by atoms with Crippen LogP contribution >= 0.6 is 11.6 Å². The summed E-state index contributed by atoms with van der Waals surface area (Å²) in [7, 11) is 1.34. The molecule has 0 bridgehead atoms. The first-order valence-electron chi connectivity index (χ1n) is 7.33. The lowest BCUT2D eigenvalue weighted by molar-refractivity contribution is 0.0602. The van der Waals surface area contributed by atoms with Gasteiger partial charge in [-0.05, 0) is 49.2 Å². The standard InChI is InChI=1S/C18H20ClNO3/c1-12-7-8-14(11-13(12)2)23-10-9-20-17-15(18(21)22-3)5-4-6-16(17)19/h4-8,11,20H,9-10H2,1-3H3. The van der Waals surface area contributed by atoms with Gasteiger partial charge in [0.25, 0.3) is 0 Å². The van der Waals surface area contributed by atoms with Crippen molar-refractivity contribution in [1.29, 1.82) is 0 Å². The van der Waals surface area contributed by atoms with Gasteiger partial charge in [-0.2, -0.15) is 0 Å². The second-order valence-electron chi connectivity index (χ2n) is 5.18. The van der Waals surface area contributed by atoms with Crippen LogP contribution in [0.4, 0.5) is 5.69 Å². The highest BCUT2D eigenvalue weighted by molar-refractivity contribution is 6.34. The first-order chi connectivity index (χ1) is 11.0. The number of carbonyl (C=O) groups is 1. The molecule has 2 rings (SSSR count). The van der Waals surface area contributed by atoms with Gasteiger partial charge in [-0.15, -0.1) is 0 Å². The van der Waals surface area contributed by atoms with Gasteiger partial charge in [-0.25, -0.2) is 4.79 Å². The minimum Gasteiger partial charge on any atom is -0.492 e. The predicted octanol–water partition coefficient (Wildman–Crippen LogP) is 4.23. The summed E-state index contributed by atoms with van der Waals surface area (Å²) in [6.45, 7) is 5.08. The Morgan fingerprint density at radius 2 is 1.96 bits per heavy atom. The van der Waals surface area contributed by atoms with Crippen LogP contribution < -0.4 is 10.1 Å². The fraction of sp³-hybridized carbons (Fsp3) is 0.278. The minimum atomic E-state index is -0.426. The van der Waals surface area contributed by atoms with E-state index in [1.165, 1.54) is 18.2 Å². The second-order valence-corrected chi connectivity index (χ2v) is 5.58. The molecule has 0 spiro atoms. The average Bonchev–Trinajstić information content (AvgIpc) is 2.55. The number of hydrogen-bond donors (Lipinski definition) is 1. The molecule has 2 aromatic carbocycles. The van der Waals surface area contributed by atoms with Crippen LogP contribution in [-0.4, -0.2) is 26.2 Å². The van der Waals surface area contributed by atoms with Crippen molar-refractivity contribution in [3.05, 3.63) is 58.1 Å². The molecule has 1 N–H and O–H groups in total. The normalized spacial score (nSPS) is 10.3. The zero-order valence-electron chi connectivity index (χ0n) is 13.5. The first kappa shape index (κ1) is 17.2. The number of aryl methyl sites for hydroxylation is 2. The molecule has 0 heterocycles. The third-order valence-corrected chi connectivity index (χ3v) is 3.88. The third kappa shape index (κ3) is 4.39. The average molecular weight is 334 g/mol. The van der Waals surface area contributed by atoms with Crippen LogP contribution in [0.3, 0.4) is 0 Å². The molecule has 0 saturated heterocycles. The van der Waals surface area contributed by atoms with Crippen molar-refractivity contribution < 1.29 is 14.3 Å². The van der Waals surface area contributed by atoms with Crippen LogP contribution in [0.15, 0.2) is 36.4 Å². The van der Waals surface area contributed by atoms with Crippen LogP contribution in [-0.2, 0) is 4.74 Å². The molecule has 122 valence electrons. The van der Waals surface area contributed by atoms with E-state index in [1.807, 2.05) is 25.1 Å². The molecule has 0 saturated carbocycles. The molecule has 0 aromatic heterocycles. The summed E-state index contributed by atoms with van der Waals surface area (Å²) in [5.74, 6) is 0.396. The number of rotatable bonds is 6. The molecular weight excluding hydrogens is 314 g/mol. The lowest BCUT2D eigenvalue weighted by atomic mass is 10.1. The Morgan fingerprint density at radius 3 is 2.65 bits per heavy atom. The van der Waals surface area contributed by atoms with Gasteiger partial charge in [0.1, 0.15) is 12.4 Å². The summed E-state index contributed by atoms with van der Waals surface area (Å²) in [6, 6.07) is 11.1. The molecule has 0 fully saturated rings. The van der Waals surface area contributed by atoms with E-state index in [9.17, 15) is 4.79 Å². The van der Waals surface area contributed by atoms with Crippen LogP contribution in [0, 0.1) is 13.8 Å². The van der Waals surface area contributed by atoms with Crippen LogP contribution in [0.25, 0.3) is 0 Å². The van der Waals surface area contributed by atoms with Gasteiger partial charge in [0.05, 0.1) is 23.4 Å². The number of ether oxygens (including phenoxy) is 2. The van der Waals surface area contributed by atoms with Gasteiger partial charge in [-0.3, -0.25) is 0 Å². The zero-order valence-corrected chi connectivity index (χ0v) is 14.2. The van der Waals surface area contributed by atoms with Gasteiger partial charge in [0.2, 0.25) is 0 Å². The second kappa shape index (κ2) is 7.88. The summed E-state index contributed by atoms with van der Waals surface area (Å²) in [5.41, 5.74) is 3.39. The predicted molar refractivity (Wildman–Crippen MR) is 92.7 cm³/mol. The van der Waals surface area contributed by atoms with Crippen molar-refractivity contribution in [1.82, 2.24) is 0 Å². The Bertz CT molecular complexity index is 701. The molecule has 0 amide bonds. The Labute approximate surface area is 141 Å². The molecule has 0 aliphatic carbocycles. The number of carbonyl (C=O) groups excluding carboxylic acids is 1. The topological polar surface area (TPSA) is 47.6 Å². The number of anilines is 1. The monoisotopic (exact) mass is 333 g/mol. The quantitative estimate of drug-likeness (QED) is 0.634. The molecule has 0 aliphatic heterocycles. The van der Waals surface area contributed by atoms with Crippen LogP contribution in [0.2, 0.25) is 5.02 Å². The van der Waals surface area contributed by atoms with E-state index in [4.69, 9.17) is 21.1 Å². The van der Waals surface area contributed by atoms with E-state index < -0.39 is 5.97 Å².